The number of aromatic nitrogens is 3. The third kappa shape index (κ3) is 3.36. The maximum Gasteiger partial charge on any atom is 0.317 e. The van der Waals surface area contributed by atoms with Gasteiger partial charge in [-0.25, -0.2) is 13.9 Å². The van der Waals surface area contributed by atoms with Gasteiger partial charge >= 0.3 is 6.03 Å². The molecule has 2 aliphatic rings. The summed E-state index contributed by atoms with van der Waals surface area (Å²) in [4.78, 5) is 25.4. The number of likely N-dealkylation sites (tertiary alicyclic amines) is 1. The second kappa shape index (κ2) is 6.98. The number of fused-ring (bicyclic) bond motifs is 1. The van der Waals surface area contributed by atoms with E-state index in [1.54, 1.807) is 9.58 Å². The van der Waals surface area contributed by atoms with Gasteiger partial charge in [-0.1, -0.05) is 29.5 Å². The first-order valence-corrected chi connectivity index (χ1v) is 9.02. The predicted octanol–water partition coefficient (Wildman–Crippen LogP) is 1.36. The van der Waals surface area contributed by atoms with Crippen molar-refractivity contribution in [3.05, 3.63) is 47.3 Å². The van der Waals surface area contributed by atoms with E-state index in [9.17, 15) is 14.0 Å². The van der Waals surface area contributed by atoms with Gasteiger partial charge in [-0.2, -0.15) is 0 Å². The van der Waals surface area contributed by atoms with Crippen LogP contribution in [0.2, 0.25) is 0 Å². The molecular weight excluding hydrogens is 351 g/mol. The number of carbonyl (C=O) groups is 2. The lowest BCUT2D eigenvalue weighted by molar-refractivity contribution is 0.0995. The van der Waals surface area contributed by atoms with E-state index in [4.69, 9.17) is 5.73 Å². The zero-order valence-electron chi connectivity index (χ0n) is 14.7. The number of nitrogens with one attached hydrogen (secondary N) is 1. The number of primary amides is 1. The maximum absolute atomic E-state index is 14.4. The number of alkyl halides is 1. The average molecular weight is 372 g/mol. The minimum atomic E-state index is -1.11. The van der Waals surface area contributed by atoms with E-state index in [0.717, 1.165) is 11.1 Å². The number of carbonyl (C=O) groups excluding carboxylic acids is 2. The van der Waals surface area contributed by atoms with E-state index in [1.807, 2.05) is 24.3 Å². The van der Waals surface area contributed by atoms with Gasteiger partial charge in [0, 0.05) is 19.5 Å². The van der Waals surface area contributed by atoms with E-state index in [1.165, 1.54) is 6.20 Å². The molecule has 1 aliphatic carbocycles. The summed E-state index contributed by atoms with van der Waals surface area (Å²) in [7, 11) is 0. The molecule has 1 saturated heterocycles. The van der Waals surface area contributed by atoms with Crippen molar-refractivity contribution in [1.29, 1.82) is 0 Å². The highest BCUT2D eigenvalue weighted by molar-refractivity contribution is 5.90. The Labute approximate surface area is 155 Å². The highest BCUT2D eigenvalue weighted by Gasteiger charge is 2.35. The molecule has 0 unspecified atom stereocenters. The van der Waals surface area contributed by atoms with Crippen LogP contribution in [0.4, 0.5) is 9.18 Å². The number of urea groups is 1. The summed E-state index contributed by atoms with van der Waals surface area (Å²) in [6.45, 7) is 1.04. The molecule has 3 N–H and O–H groups in total. The number of amides is 3. The Morgan fingerprint density at radius 1 is 1.22 bits per heavy atom. The first kappa shape index (κ1) is 17.4. The lowest BCUT2D eigenvalue weighted by Gasteiger charge is -2.33. The highest BCUT2D eigenvalue weighted by Crippen LogP contribution is 2.33. The normalized spacial score (nSPS) is 22.5. The van der Waals surface area contributed by atoms with Crippen molar-refractivity contribution in [2.45, 2.75) is 37.5 Å². The number of halogens is 1. The van der Waals surface area contributed by atoms with Gasteiger partial charge < -0.3 is 16.0 Å². The van der Waals surface area contributed by atoms with E-state index in [0.29, 0.717) is 32.4 Å². The van der Waals surface area contributed by atoms with Gasteiger partial charge in [0.1, 0.15) is 6.17 Å². The van der Waals surface area contributed by atoms with Crippen LogP contribution in [-0.4, -0.2) is 51.1 Å². The Bertz CT molecular complexity index is 861. The smallest absolute Gasteiger partial charge is 0.317 e. The van der Waals surface area contributed by atoms with E-state index in [-0.39, 0.29) is 17.8 Å². The first-order valence-electron chi connectivity index (χ1n) is 9.02. The molecule has 1 aromatic heterocycles. The van der Waals surface area contributed by atoms with Crippen LogP contribution in [-0.2, 0) is 6.42 Å². The summed E-state index contributed by atoms with van der Waals surface area (Å²) in [5.74, 6) is -0.615. The van der Waals surface area contributed by atoms with E-state index in [2.05, 4.69) is 15.6 Å². The standard InChI is InChI=1S/C18H21FN6O2/c19-14-9-11-3-1-2-4-13(11)16(14)21-18(27)24-7-5-12(6-8-24)25-10-15(17(20)26)22-23-25/h1-4,10,12,14,16H,5-9H2,(H2,20,26)(H,21,27)/t14-,16+/m1/s1. The molecule has 0 radical (unpaired) electrons. The van der Waals surface area contributed by atoms with Crippen molar-refractivity contribution >= 4 is 11.9 Å². The van der Waals surface area contributed by atoms with Crippen molar-refractivity contribution in [1.82, 2.24) is 25.2 Å². The van der Waals surface area contributed by atoms with Gasteiger partial charge in [-0.05, 0) is 24.0 Å². The molecular formula is C18H21FN6O2. The van der Waals surface area contributed by atoms with Crippen LogP contribution in [0.3, 0.4) is 0 Å². The molecule has 4 rings (SSSR count). The van der Waals surface area contributed by atoms with Crippen molar-refractivity contribution in [2.24, 2.45) is 5.73 Å². The van der Waals surface area contributed by atoms with Gasteiger partial charge in [0.25, 0.3) is 5.91 Å². The lowest BCUT2D eigenvalue weighted by atomic mass is 10.1. The fraction of sp³-hybridized carbons (Fsp3) is 0.444. The average Bonchev–Trinajstić information content (AvgIpc) is 3.28. The Kier molecular flexibility index (Phi) is 4.51. The molecule has 1 aromatic carbocycles. The summed E-state index contributed by atoms with van der Waals surface area (Å²) in [5, 5.41) is 10.5. The van der Waals surface area contributed by atoms with Crippen LogP contribution in [0.5, 0.6) is 0 Å². The number of hydrogen-bond donors (Lipinski definition) is 2. The van der Waals surface area contributed by atoms with Gasteiger partial charge in [-0.15, -0.1) is 5.10 Å². The maximum atomic E-state index is 14.4. The second-order valence-electron chi connectivity index (χ2n) is 7.01. The largest absolute Gasteiger partial charge is 0.364 e. The van der Waals surface area contributed by atoms with Gasteiger partial charge in [0.05, 0.1) is 18.3 Å². The molecule has 2 heterocycles. The summed E-state index contributed by atoms with van der Waals surface area (Å²) in [6, 6.07) is 6.71. The first-order chi connectivity index (χ1) is 13.0. The SMILES string of the molecule is NC(=O)c1cn(C2CCN(C(=O)N[C@H]3c4ccccc4C[C@H]3F)CC2)nn1. The fourth-order valence-corrected chi connectivity index (χ4v) is 3.84. The molecule has 3 amide bonds. The van der Waals surface area contributed by atoms with Crippen LogP contribution in [0.25, 0.3) is 0 Å². The zero-order chi connectivity index (χ0) is 19.0. The molecule has 142 valence electrons. The van der Waals surface area contributed by atoms with E-state index < -0.39 is 18.1 Å². The van der Waals surface area contributed by atoms with Crippen LogP contribution in [0.15, 0.2) is 30.5 Å². The van der Waals surface area contributed by atoms with Gasteiger partial charge in [0.15, 0.2) is 5.69 Å². The molecule has 1 aliphatic heterocycles. The third-order valence-corrected chi connectivity index (χ3v) is 5.33. The Morgan fingerprint density at radius 2 is 1.96 bits per heavy atom. The van der Waals surface area contributed by atoms with Crippen molar-refractivity contribution in [3.63, 3.8) is 0 Å². The van der Waals surface area contributed by atoms with Gasteiger partial charge in [-0.3, -0.25) is 4.79 Å². The fourth-order valence-electron chi connectivity index (χ4n) is 3.84. The quantitative estimate of drug-likeness (QED) is 0.848. The number of rotatable bonds is 3. The highest BCUT2D eigenvalue weighted by atomic mass is 19.1. The topological polar surface area (TPSA) is 106 Å². The van der Waals surface area contributed by atoms with Crippen LogP contribution < -0.4 is 11.1 Å². The molecule has 27 heavy (non-hydrogen) atoms. The van der Waals surface area contributed by atoms with Crippen LogP contribution >= 0.6 is 0 Å². The Morgan fingerprint density at radius 3 is 2.67 bits per heavy atom. The molecule has 0 saturated carbocycles. The summed E-state index contributed by atoms with van der Waals surface area (Å²) in [6.07, 6.45) is 2.11. The predicted molar refractivity (Wildman–Crippen MR) is 94.7 cm³/mol. The molecule has 1 fully saturated rings. The molecule has 2 atom stereocenters. The number of hydrogen-bond acceptors (Lipinski definition) is 4. The summed E-state index contributed by atoms with van der Waals surface area (Å²) < 4.78 is 16.0. The third-order valence-electron chi connectivity index (χ3n) is 5.33. The number of nitrogens with two attached hydrogens (primary N) is 1. The number of benzene rings is 1. The van der Waals surface area contributed by atoms with Crippen molar-refractivity contribution in [2.75, 3.05) is 13.1 Å². The molecule has 9 heteroatoms. The monoisotopic (exact) mass is 372 g/mol. The molecule has 0 spiro atoms. The second-order valence-corrected chi connectivity index (χ2v) is 7.01. The number of nitrogens with zero attached hydrogens (tertiary/aromatic N) is 4. The molecule has 2 aromatic rings. The Balaban J connectivity index is 1.35. The molecule has 8 nitrogen and oxygen atoms in total. The Hall–Kier alpha value is -2.97. The summed E-state index contributed by atoms with van der Waals surface area (Å²) in [5.41, 5.74) is 7.13. The minimum absolute atomic E-state index is 0.0516. The minimum Gasteiger partial charge on any atom is -0.364 e. The number of piperidine rings is 1. The van der Waals surface area contributed by atoms with E-state index >= 15 is 0 Å². The lowest BCUT2D eigenvalue weighted by Crippen LogP contribution is -2.46. The van der Waals surface area contributed by atoms with Crippen molar-refractivity contribution in [3.8, 4) is 0 Å². The molecule has 0 bridgehead atoms. The van der Waals surface area contributed by atoms with Crippen molar-refractivity contribution < 1.29 is 14.0 Å². The van der Waals surface area contributed by atoms with Crippen LogP contribution in [0, 0.1) is 0 Å². The zero-order valence-corrected chi connectivity index (χ0v) is 14.7. The van der Waals surface area contributed by atoms with Crippen LogP contribution in [0.1, 0.15) is 46.5 Å². The summed E-state index contributed by atoms with van der Waals surface area (Å²) >= 11 is 0. The van der Waals surface area contributed by atoms with Gasteiger partial charge in [0.2, 0.25) is 0 Å².